The van der Waals surface area contributed by atoms with Gasteiger partial charge in [0.1, 0.15) is 6.10 Å². The van der Waals surface area contributed by atoms with E-state index in [0.717, 1.165) is 12.0 Å². The summed E-state index contributed by atoms with van der Waals surface area (Å²) < 4.78 is 5.16. The van der Waals surface area contributed by atoms with Crippen molar-refractivity contribution < 1.29 is 9.53 Å². The van der Waals surface area contributed by atoms with Crippen molar-refractivity contribution in [3.63, 3.8) is 0 Å². The Labute approximate surface area is 89.6 Å². The molecule has 1 fully saturated rings. The Morgan fingerprint density at radius 1 is 1.27 bits per heavy atom. The molecule has 1 aromatic carbocycles. The predicted molar refractivity (Wildman–Crippen MR) is 59.2 cm³/mol. The molecule has 1 saturated heterocycles. The fourth-order valence-electron chi connectivity index (χ4n) is 1.73. The Morgan fingerprint density at radius 2 is 2.00 bits per heavy atom. The van der Waals surface area contributed by atoms with Crippen LogP contribution >= 0.6 is 0 Å². The zero-order chi connectivity index (χ0) is 10.7. The van der Waals surface area contributed by atoms with E-state index >= 15 is 0 Å². The van der Waals surface area contributed by atoms with Crippen molar-refractivity contribution >= 4 is 12.0 Å². The monoisotopic (exact) mass is 202 g/mol. The third kappa shape index (κ3) is 2.46. The molecule has 15 heavy (non-hydrogen) atoms. The molecule has 0 saturated carbocycles. The van der Waals surface area contributed by atoms with Crippen LogP contribution in [0.15, 0.2) is 35.9 Å². The van der Waals surface area contributed by atoms with Gasteiger partial charge in [-0.15, -0.1) is 0 Å². The quantitative estimate of drug-likeness (QED) is 0.654. The standard InChI is InChI=1S/C13H14O2/c1-10-12(7-8-13(14)15-10)9-11-5-3-2-4-6-11/h2-6,9-10H,7-8H2,1H3/b12-9-. The summed E-state index contributed by atoms with van der Waals surface area (Å²) in [6, 6.07) is 10.1. The Balaban J connectivity index is 2.17. The minimum absolute atomic E-state index is 0.0774. The SMILES string of the molecule is CC1OC(=O)CC/C1=C/c1ccccc1. The van der Waals surface area contributed by atoms with Gasteiger partial charge in [0.15, 0.2) is 0 Å². The first-order chi connectivity index (χ1) is 7.25. The zero-order valence-electron chi connectivity index (χ0n) is 8.77. The first kappa shape index (κ1) is 9.97. The largest absolute Gasteiger partial charge is 0.458 e. The molecule has 0 aromatic heterocycles. The van der Waals surface area contributed by atoms with Crippen molar-refractivity contribution in [1.82, 2.24) is 0 Å². The average Bonchev–Trinajstić information content (AvgIpc) is 2.24. The van der Waals surface area contributed by atoms with Gasteiger partial charge in [0, 0.05) is 6.42 Å². The van der Waals surface area contributed by atoms with E-state index in [1.165, 1.54) is 5.57 Å². The summed E-state index contributed by atoms with van der Waals surface area (Å²) in [5, 5.41) is 0. The van der Waals surface area contributed by atoms with E-state index < -0.39 is 0 Å². The lowest BCUT2D eigenvalue weighted by Gasteiger charge is -2.22. The van der Waals surface area contributed by atoms with Gasteiger partial charge in [-0.25, -0.2) is 0 Å². The van der Waals surface area contributed by atoms with Crippen molar-refractivity contribution in [3.8, 4) is 0 Å². The van der Waals surface area contributed by atoms with E-state index in [0.29, 0.717) is 6.42 Å². The second kappa shape index (κ2) is 4.30. The van der Waals surface area contributed by atoms with Crippen LogP contribution in [-0.2, 0) is 9.53 Å². The topological polar surface area (TPSA) is 26.3 Å². The lowest BCUT2D eigenvalue weighted by Crippen LogP contribution is -2.22. The molecular weight excluding hydrogens is 188 g/mol. The van der Waals surface area contributed by atoms with Crippen molar-refractivity contribution in [2.45, 2.75) is 25.9 Å². The van der Waals surface area contributed by atoms with Crippen molar-refractivity contribution in [1.29, 1.82) is 0 Å². The van der Waals surface area contributed by atoms with Crippen LogP contribution in [-0.4, -0.2) is 12.1 Å². The van der Waals surface area contributed by atoms with Crippen LogP contribution < -0.4 is 0 Å². The lowest BCUT2D eigenvalue weighted by atomic mass is 9.99. The van der Waals surface area contributed by atoms with Gasteiger partial charge < -0.3 is 4.74 Å². The van der Waals surface area contributed by atoms with E-state index in [1.54, 1.807) is 0 Å². The second-order valence-electron chi connectivity index (χ2n) is 3.76. The Bertz CT molecular complexity index is 379. The van der Waals surface area contributed by atoms with Gasteiger partial charge in [0.05, 0.1) is 0 Å². The molecule has 1 aliphatic heterocycles. The fourth-order valence-corrected chi connectivity index (χ4v) is 1.73. The highest BCUT2D eigenvalue weighted by molar-refractivity contribution is 5.72. The van der Waals surface area contributed by atoms with Gasteiger partial charge in [0.2, 0.25) is 0 Å². The van der Waals surface area contributed by atoms with E-state index in [2.05, 4.69) is 18.2 Å². The number of rotatable bonds is 1. The van der Waals surface area contributed by atoms with Gasteiger partial charge >= 0.3 is 5.97 Å². The second-order valence-corrected chi connectivity index (χ2v) is 3.76. The molecule has 0 spiro atoms. The van der Waals surface area contributed by atoms with Crippen LogP contribution in [0.3, 0.4) is 0 Å². The van der Waals surface area contributed by atoms with Crippen molar-refractivity contribution in [2.75, 3.05) is 0 Å². The molecule has 0 bridgehead atoms. The summed E-state index contributed by atoms with van der Waals surface area (Å²) in [5.41, 5.74) is 2.36. The molecule has 0 N–H and O–H groups in total. The van der Waals surface area contributed by atoms with E-state index in [-0.39, 0.29) is 12.1 Å². The van der Waals surface area contributed by atoms with Crippen molar-refractivity contribution in [3.05, 3.63) is 41.5 Å². The minimum Gasteiger partial charge on any atom is -0.458 e. The highest BCUT2D eigenvalue weighted by Crippen LogP contribution is 2.22. The summed E-state index contributed by atoms with van der Waals surface area (Å²) in [6.07, 6.45) is 3.35. The van der Waals surface area contributed by atoms with E-state index in [4.69, 9.17) is 4.74 Å². The molecule has 0 radical (unpaired) electrons. The molecule has 1 unspecified atom stereocenters. The van der Waals surface area contributed by atoms with Gasteiger partial charge in [-0.3, -0.25) is 4.79 Å². The predicted octanol–water partition coefficient (Wildman–Crippen LogP) is 2.80. The third-order valence-corrected chi connectivity index (χ3v) is 2.60. The molecule has 0 aliphatic carbocycles. The smallest absolute Gasteiger partial charge is 0.306 e. The summed E-state index contributed by atoms with van der Waals surface area (Å²) >= 11 is 0. The highest BCUT2D eigenvalue weighted by Gasteiger charge is 2.20. The number of hydrogen-bond acceptors (Lipinski definition) is 2. The summed E-state index contributed by atoms with van der Waals surface area (Å²) in [4.78, 5) is 11.0. The Kier molecular flexibility index (Phi) is 2.86. The molecule has 78 valence electrons. The van der Waals surface area contributed by atoms with E-state index in [9.17, 15) is 4.79 Å². The summed E-state index contributed by atoms with van der Waals surface area (Å²) in [6.45, 7) is 1.92. The van der Waals surface area contributed by atoms with Crippen LogP contribution in [0, 0.1) is 0 Å². The number of ether oxygens (including phenoxy) is 1. The molecule has 2 heteroatoms. The van der Waals surface area contributed by atoms with Gasteiger partial charge in [-0.2, -0.15) is 0 Å². The number of carbonyl (C=O) groups excluding carboxylic acids is 1. The van der Waals surface area contributed by atoms with Gasteiger partial charge in [0.25, 0.3) is 0 Å². The van der Waals surface area contributed by atoms with Crippen molar-refractivity contribution in [2.24, 2.45) is 0 Å². The lowest BCUT2D eigenvalue weighted by molar-refractivity contribution is -0.149. The number of carbonyl (C=O) groups is 1. The molecule has 1 aliphatic rings. The zero-order valence-corrected chi connectivity index (χ0v) is 8.77. The average molecular weight is 202 g/mol. The fraction of sp³-hybridized carbons (Fsp3) is 0.308. The summed E-state index contributed by atoms with van der Waals surface area (Å²) in [5.74, 6) is -0.0901. The molecular formula is C13H14O2. The maximum Gasteiger partial charge on any atom is 0.306 e. The molecule has 2 nitrogen and oxygen atoms in total. The molecule has 1 aromatic rings. The first-order valence-corrected chi connectivity index (χ1v) is 5.21. The number of benzene rings is 1. The Morgan fingerprint density at radius 3 is 2.67 bits per heavy atom. The number of cyclic esters (lactones) is 1. The maximum atomic E-state index is 11.0. The number of hydrogen-bond donors (Lipinski definition) is 0. The third-order valence-electron chi connectivity index (χ3n) is 2.60. The maximum absolute atomic E-state index is 11.0. The number of esters is 1. The molecule has 0 amide bonds. The highest BCUT2D eigenvalue weighted by atomic mass is 16.5. The van der Waals surface area contributed by atoms with Crippen LogP contribution in [0.1, 0.15) is 25.3 Å². The summed E-state index contributed by atoms with van der Waals surface area (Å²) in [7, 11) is 0. The van der Waals surface area contributed by atoms with Gasteiger partial charge in [-0.05, 0) is 24.5 Å². The molecule has 2 rings (SSSR count). The van der Waals surface area contributed by atoms with Gasteiger partial charge in [-0.1, -0.05) is 36.4 Å². The van der Waals surface area contributed by atoms with Crippen LogP contribution in [0.2, 0.25) is 0 Å². The molecule has 1 atom stereocenters. The van der Waals surface area contributed by atoms with Crippen LogP contribution in [0.25, 0.3) is 6.08 Å². The Hall–Kier alpha value is -1.57. The molecule has 1 heterocycles. The first-order valence-electron chi connectivity index (χ1n) is 5.21. The normalized spacial score (nSPS) is 23.9. The van der Waals surface area contributed by atoms with Crippen LogP contribution in [0.5, 0.6) is 0 Å². The minimum atomic E-state index is -0.0901. The van der Waals surface area contributed by atoms with E-state index in [1.807, 2.05) is 25.1 Å². The van der Waals surface area contributed by atoms with Crippen LogP contribution in [0.4, 0.5) is 0 Å².